The van der Waals surface area contributed by atoms with E-state index < -0.39 is 0 Å². The summed E-state index contributed by atoms with van der Waals surface area (Å²) in [5, 5.41) is 3.41. The summed E-state index contributed by atoms with van der Waals surface area (Å²) in [6.07, 6.45) is 5.16. The van der Waals surface area contributed by atoms with E-state index in [9.17, 15) is 0 Å². The van der Waals surface area contributed by atoms with Gasteiger partial charge in [0, 0.05) is 24.8 Å². The summed E-state index contributed by atoms with van der Waals surface area (Å²) >= 11 is 0. The molecule has 1 aromatic carbocycles. The van der Waals surface area contributed by atoms with Crippen LogP contribution in [0.25, 0.3) is 0 Å². The van der Waals surface area contributed by atoms with E-state index in [1.807, 2.05) is 12.1 Å². The normalized spacial score (nSPS) is 14.6. The average molecular weight is 268 g/mol. The van der Waals surface area contributed by atoms with Crippen molar-refractivity contribution in [2.75, 3.05) is 23.3 Å². The van der Waals surface area contributed by atoms with Crippen LogP contribution < -0.4 is 10.2 Å². The highest BCUT2D eigenvalue weighted by Gasteiger charge is 2.14. The van der Waals surface area contributed by atoms with E-state index >= 15 is 0 Å². The second kappa shape index (κ2) is 5.90. The summed E-state index contributed by atoms with van der Waals surface area (Å²) in [6, 6.07) is 10.4. The highest BCUT2D eigenvalue weighted by atomic mass is 15.2. The van der Waals surface area contributed by atoms with Gasteiger partial charge in [0.2, 0.25) is 0 Å². The average Bonchev–Trinajstić information content (AvgIpc) is 3.02. The number of nitrogens with zero attached hydrogens (tertiary/aromatic N) is 3. The van der Waals surface area contributed by atoms with Crippen LogP contribution in [0.4, 0.5) is 17.3 Å². The van der Waals surface area contributed by atoms with Crippen molar-refractivity contribution in [3.8, 4) is 0 Å². The highest BCUT2D eigenvalue weighted by Crippen LogP contribution is 2.23. The molecule has 0 spiro atoms. The Morgan fingerprint density at radius 2 is 1.95 bits per heavy atom. The molecular weight excluding hydrogens is 248 g/mol. The molecule has 1 aliphatic rings. The predicted molar refractivity (Wildman–Crippen MR) is 82.6 cm³/mol. The van der Waals surface area contributed by atoms with Gasteiger partial charge in [-0.25, -0.2) is 9.97 Å². The van der Waals surface area contributed by atoms with Crippen LogP contribution in [0.2, 0.25) is 0 Å². The molecule has 0 atom stereocenters. The lowest BCUT2D eigenvalue weighted by Gasteiger charge is -2.17. The van der Waals surface area contributed by atoms with Gasteiger partial charge >= 0.3 is 0 Å². The van der Waals surface area contributed by atoms with Gasteiger partial charge in [-0.05, 0) is 30.9 Å². The summed E-state index contributed by atoms with van der Waals surface area (Å²) in [5.74, 6) is 1.89. The fourth-order valence-electron chi connectivity index (χ4n) is 2.62. The molecule has 4 heteroatoms. The Morgan fingerprint density at radius 1 is 1.15 bits per heavy atom. The highest BCUT2D eigenvalue weighted by molar-refractivity contribution is 5.62. The predicted octanol–water partition coefficient (Wildman–Crippen LogP) is 3.38. The molecule has 4 nitrogen and oxygen atoms in total. The van der Waals surface area contributed by atoms with Gasteiger partial charge in [0.25, 0.3) is 0 Å². The molecule has 1 saturated heterocycles. The zero-order valence-electron chi connectivity index (χ0n) is 11.8. The van der Waals surface area contributed by atoms with Gasteiger partial charge in [-0.15, -0.1) is 0 Å². The van der Waals surface area contributed by atoms with Crippen molar-refractivity contribution >= 4 is 17.3 Å². The molecular formula is C16H20N4. The topological polar surface area (TPSA) is 41.0 Å². The van der Waals surface area contributed by atoms with Crippen LogP contribution in [0.15, 0.2) is 36.7 Å². The zero-order chi connectivity index (χ0) is 13.8. The van der Waals surface area contributed by atoms with Gasteiger partial charge in [0.1, 0.15) is 18.0 Å². The first-order chi connectivity index (χ1) is 9.86. The van der Waals surface area contributed by atoms with Crippen LogP contribution in [-0.4, -0.2) is 23.1 Å². The van der Waals surface area contributed by atoms with Crippen LogP contribution in [-0.2, 0) is 6.42 Å². The van der Waals surface area contributed by atoms with Crippen molar-refractivity contribution in [3.05, 3.63) is 42.2 Å². The van der Waals surface area contributed by atoms with Gasteiger partial charge in [-0.1, -0.05) is 25.1 Å². The number of para-hydroxylation sites is 1. The van der Waals surface area contributed by atoms with E-state index in [1.54, 1.807) is 6.33 Å². The van der Waals surface area contributed by atoms with Crippen molar-refractivity contribution < 1.29 is 0 Å². The lowest BCUT2D eigenvalue weighted by atomic mass is 10.1. The smallest absolute Gasteiger partial charge is 0.135 e. The largest absolute Gasteiger partial charge is 0.356 e. The maximum absolute atomic E-state index is 4.38. The Balaban J connectivity index is 1.82. The van der Waals surface area contributed by atoms with E-state index in [0.29, 0.717) is 0 Å². The van der Waals surface area contributed by atoms with Gasteiger partial charge in [0.05, 0.1) is 0 Å². The van der Waals surface area contributed by atoms with Crippen molar-refractivity contribution in [1.29, 1.82) is 0 Å². The third-order valence-electron chi connectivity index (χ3n) is 3.74. The number of hydrogen-bond acceptors (Lipinski definition) is 4. The maximum Gasteiger partial charge on any atom is 0.135 e. The first-order valence-corrected chi connectivity index (χ1v) is 7.29. The Hall–Kier alpha value is -2.10. The molecule has 0 unspecified atom stereocenters. The third kappa shape index (κ3) is 2.74. The number of aromatic nitrogens is 2. The maximum atomic E-state index is 4.38. The van der Waals surface area contributed by atoms with Crippen LogP contribution in [0.5, 0.6) is 0 Å². The van der Waals surface area contributed by atoms with Crippen LogP contribution in [0, 0.1) is 0 Å². The summed E-state index contributed by atoms with van der Waals surface area (Å²) in [4.78, 5) is 11.0. The van der Waals surface area contributed by atoms with Crippen molar-refractivity contribution in [2.45, 2.75) is 26.2 Å². The number of anilines is 3. The molecule has 0 aliphatic carbocycles. The zero-order valence-corrected chi connectivity index (χ0v) is 11.8. The Labute approximate surface area is 119 Å². The Kier molecular flexibility index (Phi) is 3.81. The molecule has 3 rings (SSSR count). The van der Waals surface area contributed by atoms with E-state index in [-0.39, 0.29) is 0 Å². The molecule has 1 aromatic heterocycles. The molecule has 20 heavy (non-hydrogen) atoms. The number of hydrogen-bond donors (Lipinski definition) is 1. The third-order valence-corrected chi connectivity index (χ3v) is 3.74. The number of rotatable bonds is 4. The molecule has 0 saturated carbocycles. The van der Waals surface area contributed by atoms with E-state index in [4.69, 9.17) is 0 Å². The molecule has 1 aliphatic heterocycles. The van der Waals surface area contributed by atoms with E-state index in [1.165, 1.54) is 18.4 Å². The second-order valence-corrected chi connectivity index (χ2v) is 5.09. The first-order valence-electron chi connectivity index (χ1n) is 7.29. The molecule has 1 N–H and O–H groups in total. The number of nitrogens with one attached hydrogen (secondary N) is 1. The minimum atomic E-state index is 0.864. The molecule has 2 aromatic rings. The van der Waals surface area contributed by atoms with E-state index in [2.05, 4.69) is 45.3 Å². The number of aryl methyl sites for hydroxylation is 1. The quantitative estimate of drug-likeness (QED) is 0.923. The molecule has 104 valence electrons. The van der Waals surface area contributed by atoms with Crippen molar-refractivity contribution in [3.63, 3.8) is 0 Å². The summed E-state index contributed by atoms with van der Waals surface area (Å²) in [5.41, 5.74) is 2.43. The van der Waals surface area contributed by atoms with Crippen molar-refractivity contribution in [1.82, 2.24) is 9.97 Å². The Bertz CT molecular complexity index is 576. The SMILES string of the molecule is CCc1ccccc1Nc1cc(N2CCCC2)ncn1. The van der Waals surface area contributed by atoms with Crippen LogP contribution in [0.3, 0.4) is 0 Å². The van der Waals surface area contributed by atoms with Gasteiger partial charge in [-0.3, -0.25) is 0 Å². The van der Waals surface area contributed by atoms with Gasteiger partial charge in [0.15, 0.2) is 0 Å². The first kappa shape index (κ1) is 12.9. The van der Waals surface area contributed by atoms with Crippen LogP contribution in [0.1, 0.15) is 25.3 Å². The lowest BCUT2D eigenvalue weighted by Crippen LogP contribution is -2.19. The summed E-state index contributed by atoms with van der Waals surface area (Å²) < 4.78 is 0. The van der Waals surface area contributed by atoms with Gasteiger partial charge < -0.3 is 10.2 Å². The fourth-order valence-corrected chi connectivity index (χ4v) is 2.62. The molecule has 0 bridgehead atoms. The standard InChI is InChI=1S/C16H20N4/c1-2-13-7-3-4-8-14(13)19-15-11-16(18-12-17-15)20-9-5-6-10-20/h3-4,7-8,11-12H,2,5-6,9-10H2,1H3,(H,17,18,19). The van der Waals surface area contributed by atoms with Crippen molar-refractivity contribution in [2.24, 2.45) is 0 Å². The van der Waals surface area contributed by atoms with E-state index in [0.717, 1.165) is 36.8 Å². The van der Waals surface area contributed by atoms with Crippen LogP contribution >= 0.6 is 0 Å². The lowest BCUT2D eigenvalue weighted by molar-refractivity contribution is 0.928. The molecule has 1 fully saturated rings. The summed E-state index contributed by atoms with van der Waals surface area (Å²) in [7, 11) is 0. The summed E-state index contributed by atoms with van der Waals surface area (Å²) in [6.45, 7) is 4.36. The number of benzene rings is 1. The van der Waals surface area contributed by atoms with Gasteiger partial charge in [-0.2, -0.15) is 0 Å². The monoisotopic (exact) mass is 268 g/mol. The minimum Gasteiger partial charge on any atom is -0.356 e. The second-order valence-electron chi connectivity index (χ2n) is 5.09. The Morgan fingerprint density at radius 3 is 2.75 bits per heavy atom. The molecule has 0 amide bonds. The molecule has 0 radical (unpaired) electrons. The minimum absolute atomic E-state index is 0.864. The molecule has 2 heterocycles. The fraction of sp³-hybridized carbons (Fsp3) is 0.375.